The summed E-state index contributed by atoms with van der Waals surface area (Å²) < 4.78 is 18.1. The molecule has 0 saturated carbocycles. The Morgan fingerprint density at radius 1 is 1.09 bits per heavy atom. The summed E-state index contributed by atoms with van der Waals surface area (Å²) in [7, 11) is -1.53. The number of rotatable bonds is 12. The van der Waals surface area contributed by atoms with Crippen molar-refractivity contribution in [2.24, 2.45) is 0 Å². The maximum absolute atomic E-state index is 12.5. The van der Waals surface area contributed by atoms with E-state index in [0.29, 0.717) is 17.9 Å². The lowest BCUT2D eigenvalue weighted by atomic mass is 10.1. The van der Waals surface area contributed by atoms with E-state index in [-0.39, 0.29) is 0 Å². The molecule has 0 fully saturated rings. The minimum Gasteiger partial charge on any atom is -0.494 e. The highest BCUT2D eigenvalue weighted by Crippen LogP contribution is 2.20. The van der Waals surface area contributed by atoms with Crippen LogP contribution in [0, 0.1) is 0 Å². The molecule has 2 unspecified atom stereocenters. The normalized spacial score (nSPS) is 13.5. The molecule has 0 heterocycles. The average Bonchev–Trinajstić information content (AvgIpc) is 2.55. The zero-order valence-corrected chi connectivity index (χ0v) is 14.9. The van der Waals surface area contributed by atoms with Crippen LogP contribution in [0.3, 0.4) is 0 Å². The van der Waals surface area contributed by atoms with Crippen LogP contribution in [0.25, 0.3) is 0 Å². The van der Waals surface area contributed by atoms with Crippen molar-refractivity contribution in [2.75, 3.05) is 6.61 Å². The van der Waals surface area contributed by atoms with E-state index in [0.717, 1.165) is 44.3 Å². The van der Waals surface area contributed by atoms with E-state index < -0.39 is 22.0 Å². The van der Waals surface area contributed by atoms with E-state index in [2.05, 4.69) is 13.8 Å². The molecule has 2 atom stereocenters. The number of ether oxygens (including phenoxy) is 1. The van der Waals surface area contributed by atoms with Crippen LogP contribution in [0.2, 0.25) is 0 Å². The third-order valence-electron chi connectivity index (χ3n) is 3.68. The lowest BCUT2D eigenvalue weighted by Crippen LogP contribution is -2.25. The molecule has 0 aliphatic rings. The third kappa shape index (κ3) is 7.16. The highest BCUT2D eigenvalue weighted by molar-refractivity contribution is 7.86. The molecule has 0 bridgehead atoms. The third-order valence-corrected chi connectivity index (χ3v) is 5.37. The van der Waals surface area contributed by atoms with Crippen LogP contribution >= 0.6 is 0 Å². The Balaban J connectivity index is 2.62. The summed E-state index contributed by atoms with van der Waals surface area (Å²) in [6, 6.07) is 6.94. The van der Waals surface area contributed by atoms with Gasteiger partial charge in [0.1, 0.15) is 11.0 Å². The second-order valence-electron chi connectivity index (χ2n) is 5.65. The maximum atomic E-state index is 12.5. The molecular weight excluding hydrogens is 312 g/mol. The largest absolute Gasteiger partial charge is 0.494 e. The van der Waals surface area contributed by atoms with Crippen molar-refractivity contribution < 1.29 is 18.8 Å². The van der Waals surface area contributed by atoms with Crippen LogP contribution in [0.1, 0.15) is 58.8 Å². The first-order valence-electron chi connectivity index (χ1n) is 8.46. The Kier molecular flexibility index (Phi) is 9.60. The predicted octanol–water partition coefficient (Wildman–Crippen LogP) is 4.40. The molecule has 1 N–H and O–H groups in total. The van der Waals surface area contributed by atoms with Crippen molar-refractivity contribution in [3.05, 3.63) is 24.3 Å². The molecule has 1 rings (SSSR count). The molecule has 0 aromatic heterocycles. The molecular formula is C18H28O4S. The van der Waals surface area contributed by atoms with E-state index in [1.54, 1.807) is 24.3 Å². The van der Waals surface area contributed by atoms with Crippen LogP contribution in [0.5, 0.6) is 5.75 Å². The van der Waals surface area contributed by atoms with Crippen LogP contribution in [-0.4, -0.2) is 27.1 Å². The number of benzene rings is 1. The van der Waals surface area contributed by atoms with E-state index in [1.165, 1.54) is 0 Å². The van der Waals surface area contributed by atoms with Crippen LogP contribution in [0.4, 0.5) is 0 Å². The second-order valence-corrected chi connectivity index (χ2v) is 7.28. The Hall–Kier alpha value is -1.36. The fourth-order valence-electron chi connectivity index (χ4n) is 2.25. The van der Waals surface area contributed by atoms with Crippen molar-refractivity contribution in [3.63, 3.8) is 0 Å². The van der Waals surface area contributed by atoms with E-state index in [1.807, 2.05) is 0 Å². The van der Waals surface area contributed by atoms with Gasteiger partial charge < -0.3 is 9.84 Å². The monoisotopic (exact) mass is 340 g/mol. The van der Waals surface area contributed by atoms with Gasteiger partial charge in [-0.25, -0.2) is 0 Å². The number of carbonyl (C=O) groups is 1. The summed E-state index contributed by atoms with van der Waals surface area (Å²) in [5.41, 5.74) is 0. The van der Waals surface area contributed by atoms with Gasteiger partial charge in [-0.05, 0) is 37.1 Å². The van der Waals surface area contributed by atoms with E-state index in [9.17, 15) is 14.1 Å². The van der Waals surface area contributed by atoms with Crippen LogP contribution in [0.15, 0.2) is 29.2 Å². The summed E-state index contributed by atoms with van der Waals surface area (Å²) in [5.74, 6) is -0.253. The molecule has 0 spiro atoms. The van der Waals surface area contributed by atoms with E-state index >= 15 is 0 Å². The van der Waals surface area contributed by atoms with Gasteiger partial charge in [0, 0.05) is 4.90 Å². The van der Waals surface area contributed by atoms with Crippen molar-refractivity contribution >= 4 is 16.8 Å². The summed E-state index contributed by atoms with van der Waals surface area (Å²) in [5, 5.41) is 8.51. The average molecular weight is 340 g/mol. The Morgan fingerprint density at radius 2 is 1.74 bits per heavy atom. The fourth-order valence-corrected chi connectivity index (χ4v) is 3.54. The predicted molar refractivity (Wildman–Crippen MR) is 93.4 cm³/mol. The molecule has 5 heteroatoms. The fraction of sp³-hybridized carbons (Fsp3) is 0.611. The van der Waals surface area contributed by atoms with Gasteiger partial charge in [-0.1, -0.05) is 46.0 Å². The first-order chi connectivity index (χ1) is 11.1. The van der Waals surface area contributed by atoms with Crippen molar-refractivity contribution in [2.45, 2.75) is 68.9 Å². The van der Waals surface area contributed by atoms with Gasteiger partial charge in [0.2, 0.25) is 0 Å². The highest BCUT2D eigenvalue weighted by atomic mass is 32.2. The standard InChI is InChI=1S/C18H28O4S/c1-3-5-7-8-9-17(18(19)20)23(21)16-12-10-15(11-13-16)22-14-6-4-2/h10-13,17H,3-9,14H2,1-2H3,(H,19,20). The minimum absolute atomic E-state index is 0.455. The lowest BCUT2D eigenvalue weighted by Gasteiger charge is -2.13. The van der Waals surface area contributed by atoms with Crippen LogP contribution in [-0.2, 0) is 15.6 Å². The second kappa shape index (κ2) is 11.2. The van der Waals surface area contributed by atoms with Gasteiger partial charge in [0.05, 0.1) is 17.4 Å². The van der Waals surface area contributed by atoms with Gasteiger partial charge in [0.25, 0.3) is 0 Å². The summed E-state index contributed by atoms with van der Waals surface area (Å²) in [4.78, 5) is 12.0. The first-order valence-corrected chi connectivity index (χ1v) is 9.67. The first kappa shape index (κ1) is 19.7. The number of carboxylic acids is 1. The van der Waals surface area contributed by atoms with Gasteiger partial charge in [-0.2, -0.15) is 0 Å². The van der Waals surface area contributed by atoms with Gasteiger partial charge >= 0.3 is 5.97 Å². The van der Waals surface area contributed by atoms with E-state index in [4.69, 9.17) is 4.74 Å². The van der Waals surface area contributed by atoms with Crippen molar-refractivity contribution in [3.8, 4) is 5.75 Å². The molecule has 0 saturated heterocycles. The Morgan fingerprint density at radius 3 is 2.30 bits per heavy atom. The molecule has 0 aliphatic carbocycles. The Labute approximate surface area is 141 Å². The van der Waals surface area contributed by atoms with Gasteiger partial charge in [-0.3, -0.25) is 9.00 Å². The van der Waals surface area contributed by atoms with Gasteiger partial charge in [0.15, 0.2) is 0 Å². The Bertz CT molecular complexity index is 484. The summed E-state index contributed by atoms with van der Waals surface area (Å²) >= 11 is 0. The summed E-state index contributed by atoms with van der Waals surface area (Å²) in [6.07, 6.45) is 6.49. The van der Waals surface area contributed by atoms with Crippen molar-refractivity contribution in [1.82, 2.24) is 0 Å². The lowest BCUT2D eigenvalue weighted by molar-refractivity contribution is -0.136. The molecule has 4 nitrogen and oxygen atoms in total. The number of hydrogen-bond acceptors (Lipinski definition) is 3. The van der Waals surface area contributed by atoms with Gasteiger partial charge in [-0.15, -0.1) is 0 Å². The van der Waals surface area contributed by atoms with Crippen LogP contribution < -0.4 is 4.74 Å². The maximum Gasteiger partial charge on any atom is 0.319 e. The molecule has 130 valence electrons. The molecule has 1 aromatic carbocycles. The SMILES string of the molecule is CCCCCCC(C(=O)O)S(=O)c1ccc(OCCCC)cc1. The smallest absolute Gasteiger partial charge is 0.319 e. The van der Waals surface area contributed by atoms with Crippen molar-refractivity contribution in [1.29, 1.82) is 0 Å². The molecule has 0 radical (unpaired) electrons. The molecule has 0 aliphatic heterocycles. The number of carboxylic acid groups (broad SMARTS) is 1. The molecule has 1 aromatic rings. The highest BCUT2D eigenvalue weighted by Gasteiger charge is 2.25. The molecule has 23 heavy (non-hydrogen) atoms. The quantitative estimate of drug-likeness (QED) is 0.573. The topological polar surface area (TPSA) is 63.6 Å². The number of unbranched alkanes of at least 4 members (excludes halogenated alkanes) is 4. The number of hydrogen-bond donors (Lipinski definition) is 1. The number of aliphatic carboxylic acids is 1. The zero-order chi connectivity index (χ0) is 17.1. The zero-order valence-electron chi connectivity index (χ0n) is 14.1. The minimum atomic E-state index is -1.53. The molecule has 0 amide bonds. The summed E-state index contributed by atoms with van der Waals surface area (Å²) in [6.45, 7) is 4.87.